The highest BCUT2D eigenvalue weighted by Crippen LogP contribution is 2.43. The lowest BCUT2D eigenvalue weighted by Gasteiger charge is -2.29. The molecule has 0 radical (unpaired) electrons. The van der Waals surface area contributed by atoms with Crippen LogP contribution in [-0.2, 0) is 0 Å². The van der Waals surface area contributed by atoms with Crippen molar-refractivity contribution in [3.8, 4) is 0 Å². The van der Waals surface area contributed by atoms with Gasteiger partial charge in [0.05, 0.1) is 0 Å². The Balaban J connectivity index is 1.95. The van der Waals surface area contributed by atoms with Crippen LogP contribution in [0.3, 0.4) is 0 Å². The first-order valence-electron chi connectivity index (χ1n) is 9.52. The molecule has 0 amide bonds. The SMILES string of the molecule is C(CN1CCCC1)=P(c1ccccc1)(c1ccccc1)c1ccccc1. The Hall–Kier alpha value is -2.08. The molecule has 1 aliphatic rings. The zero-order valence-electron chi connectivity index (χ0n) is 15.2. The molecule has 1 saturated heterocycles. The normalized spacial score (nSPS) is 15.1. The van der Waals surface area contributed by atoms with Crippen molar-refractivity contribution in [2.24, 2.45) is 0 Å². The zero-order chi connectivity index (χ0) is 17.7. The largest absolute Gasteiger partial charge is 0.300 e. The van der Waals surface area contributed by atoms with Crippen molar-refractivity contribution in [3.05, 3.63) is 91.0 Å². The van der Waals surface area contributed by atoms with Crippen LogP contribution in [0, 0.1) is 0 Å². The van der Waals surface area contributed by atoms with Gasteiger partial charge in [-0.1, -0.05) is 96.8 Å². The molecule has 0 aliphatic carbocycles. The quantitative estimate of drug-likeness (QED) is 0.625. The standard InChI is InChI=1S/C24H26NP/c1-4-12-22(13-5-1)26(23-14-6-2-7-15-23,24-16-8-3-9-17-24)21-20-25-18-10-11-19-25/h1-9,12-17,21H,10-11,18-20H2. The molecule has 1 heterocycles. The topological polar surface area (TPSA) is 3.24 Å². The van der Waals surface area contributed by atoms with Gasteiger partial charge in [0.1, 0.15) is 0 Å². The van der Waals surface area contributed by atoms with Crippen LogP contribution in [-0.4, -0.2) is 30.3 Å². The Morgan fingerprint density at radius 3 is 1.38 bits per heavy atom. The smallest absolute Gasteiger partial charge is 0.0176 e. The predicted molar refractivity (Wildman–Crippen MR) is 117 cm³/mol. The minimum atomic E-state index is -1.77. The summed E-state index contributed by atoms with van der Waals surface area (Å²) in [6.07, 6.45) is 2.67. The number of rotatable bonds is 5. The van der Waals surface area contributed by atoms with E-state index in [1.165, 1.54) is 41.8 Å². The van der Waals surface area contributed by atoms with Crippen LogP contribution >= 0.6 is 6.89 Å². The summed E-state index contributed by atoms with van der Waals surface area (Å²) in [4.78, 5) is 2.60. The van der Waals surface area contributed by atoms with E-state index in [1.54, 1.807) is 0 Å². The Morgan fingerprint density at radius 1 is 0.615 bits per heavy atom. The molecular formula is C24H26NP. The third-order valence-corrected chi connectivity index (χ3v) is 9.35. The van der Waals surface area contributed by atoms with Crippen molar-refractivity contribution in [2.75, 3.05) is 19.6 Å². The van der Waals surface area contributed by atoms with Crippen molar-refractivity contribution in [2.45, 2.75) is 12.8 Å². The Labute approximate surface area is 157 Å². The van der Waals surface area contributed by atoms with Crippen molar-refractivity contribution in [3.63, 3.8) is 0 Å². The second kappa shape index (κ2) is 8.08. The Kier molecular flexibility index (Phi) is 5.39. The summed E-state index contributed by atoms with van der Waals surface area (Å²) in [6.45, 7) is 1.75. The van der Waals surface area contributed by atoms with Gasteiger partial charge >= 0.3 is 0 Å². The molecule has 26 heavy (non-hydrogen) atoms. The Morgan fingerprint density at radius 2 is 1.00 bits per heavy atom. The average molecular weight is 359 g/mol. The van der Waals surface area contributed by atoms with Crippen LogP contribution in [0.25, 0.3) is 0 Å². The van der Waals surface area contributed by atoms with Gasteiger partial charge < -0.3 is 0 Å². The van der Waals surface area contributed by atoms with Gasteiger partial charge in [0, 0.05) is 6.54 Å². The van der Waals surface area contributed by atoms with Gasteiger partial charge in [-0.15, -0.1) is 0 Å². The number of hydrogen-bond donors (Lipinski definition) is 0. The van der Waals surface area contributed by atoms with Gasteiger partial charge in [0.25, 0.3) is 0 Å². The van der Waals surface area contributed by atoms with Crippen LogP contribution in [0.2, 0.25) is 0 Å². The number of hydrogen-bond acceptors (Lipinski definition) is 1. The van der Waals surface area contributed by atoms with E-state index in [-0.39, 0.29) is 0 Å². The van der Waals surface area contributed by atoms with E-state index in [9.17, 15) is 0 Å². The summed E-state index contributed by atoms with van der Waals surface area (Å²) in [5, 5.41) is 4.32. The van der Waals surface area contributed by atoms with E-state index in [0.29, 0.717) is 0 Å². The van der Waals surface area contributed by atoms with Gasteiger partial charge in [0.2, 0.25) is 0 Å². The molecule has 0 aromatic heterocycles. The van der Waals surface area contributed by atoms with E-state index in [1.807, 2.05) is 0 Å². The van der Waals surface area contributed by atoms with Crippen LogP contribution < -0.4 is 15.9 Å². The summed E-state index contributed by atoms with van der Waals surface area (Å²) in [7, 11) is 0. The zero-order valence-corrected chi connectivity index (χ0v) is 16.1. The number of benzene rings is 3. The van der Waals surface area contributed by atoms with Gasteiger partial charge in [-0.3, -0.25) is 4.90 Å². The summed E-state index contributed by atoms with van der Waals surface area (Å²) < 4.78 is 0. The molecule has 1 nitrogen and oxygen atoms in total. The summed E-state index contributed by atoms with van der Waals surface area (Å²) >= 11 is 0. The van der Waals surface area contributed by atoms with E-state index in [4.69, 9.17) is 0 Å². The summed E-state index contributed by atoms with van der Waals surface area (Å²) in [6, 6.07) is 33.3. The summed E-state index contributed by atoms with van der Waals surface area (Å²) in [5.74, 6) is 2.64. The predicted octanol–water partition coefficient (Wildman–Crippen LogP) is 3.88. The van der Waals surface area contributed by atoms with Gasteiger partial charge in [0.15, 0.2) is 0 Å². The average Bonchev–Trinajstić information content (AvgIpc) is 3.25. The maximum Gasteiger partial charge on any atom is 0.0176 e. The van der Waals surface area contributed by atoms with E-state index in [0.717, 1.165) is 6.54 Å². The minimum absolute atomic E-state index is 1.06. The second-order valence-corrected chi connectivity index (χ2v) is 10.3. The molecule has 3 aromatic rings. The number of nitrogens with zero attached hydrogens (tertiary/aromatic N) is 1. The van der Waals surface area contributed by atoms with Gasteiger partial charge in [-0.05, 0) is 48.7 Å². The first-order chi connectivity index (χ1) is 12.9. The Bertz CT molecular complexity index is 762. The molecule has 2 heteroatoms. The molecular weight excluding hydrogens is 333 g/mol. The molecule has 0 bridgehead atoms. The maximum absolute atomic E-state index is 2.64. The molecule has 0 N–H and O–H groups in total. The molecule has 4 rings (SSSR count). The lowest BCUT2D eigenvalue weighted by molar-refractivity contribution is 0.392. The van der Waals surface area contributed by atoms with Crippen molar-refractivity contribution < 1.29 is 0 Å². The first-order valence-corrected chi connectivity index (χ1v) is 11.4. The highest BCUT2D eigenvalue weighted by Gasteiger charge is 2.25. The van der Waals surface area contributed by atoms with Crippen molar-refractivity contribution in [1.82, 2.24) is 4.90 Å². The fourth-order valence-corrected chi connectivity index (χ4v) is 7.89. The molecule has 132 valence electrons. The lowest BCUT2D eigenvalue weighted by atomic mass is 10.4. The van der Waals surface area contributed by atoms with Crippen LogP contribution in [0.15, 0.2) is 91.0 Å². The molecule has 0 unspecified atom stereocenters. The van der Waals surface area contributed by atoms with Crippen molar-refractivity contribution >= 4 is 28.6 Å². The second-order valence-electron chi connectivity index (χ2n) is 6.92. The molecule has 0 spiro atoms. The van der Waals surface area contributed by atoms with Gasteiger partial charge in [-0.2, -0.15) is 0 Å². The van der Waals surface area contributed by atoms with Crippen LogP contribution in [0.1, 0.15) is 12.8 Å². The molecule has 3 aromatic carbocycles. The molecule has 1 aliphatic heterocycles. The summed E-state index contributed by atoms with van der Waals surface area (Å²) in [5.41, 5.74) is 0. The fraction of sp³-hybridized carbons (Fsp3) is 0.208. The monoisotopic (exact) mass is 359 g/mol. The molecule has 0 saturated carbocycles. The highest BCUT2D eigenvalue weighted by molar-refractivity contribution is 7.94. The van der Waals surface area contributed by atoms with E-state index >= 15 is 0 Å². The molecule has 1 fully saturated rings. The van der Waals surface area contributed by atoms with Gasteiger partial charge in [-0.25, -0.2) is 0 Å². The lowest BCUT2D eigenvalue weighted by Crippen LogP contribution is -2.30. The van der Waals surface area contributed by atoms with Crippen LogP contribution in [0.4, 0.5) is 0 Å². The third-order valence-electron chi connectivity index (χ3n) is 5.30. The third kappa shape index (κ3) is 3.43. The van der Waals surface area contributed by atoms with E-state index in [2.05, 4.69) is 102 Å². The maximum atomic E-state index is 2.64. The van der Waals surface area contributed by atoms with Crippen LogP contribution in [0.5, 0.6) is 0 Å². The highest BCUT2D eigenvalue weighted by atomic mass is 31.2. The fourth-order valence-electron chi connectivity index (χ4n) is 3.96. The molecule has 0 atom stereocenters. The first kappa shape index (κ1) is 17.3. The minimum Gasteiger partial charge on any atom is -0.300 e. The van der Waals surface area contributed by atoms with Crippen molar-refractivity contribution in [1.29, 1.82) is 0 Å². The number of likely N-dealkylation sites (tertiary alicyclic amines) is 1. The van der Waals surface area contributed by atoms with E-state index < -0.39 is 6.89 Å².